The summed E-state index contributed by atoms with van der Waals surface area (Å²) in [4.78, 5) is 4.43. The fourth-order valence-corrected chi connectivity index (χ4v) is 2.15. The van der Waals surface area contributed by atoms with E-state index in [1.54, 1.807) is 0 Å². The third-order valence-corrected chi connectivity index (χ3v) is 3.05. The molecule has 2 aromatic carbocycles. The molecule has 0 amide bonds. The second-order valence-electron chi connectivity index (χ2n) is 4.47. The Morgan fingerprint density at radius 1 is 0.950 bits per heavy atom. The molecule has 0 radical (unpaired) electrons. The lowest BCUT2D eigenvalue weighted by atomic mass is 10.1. The smallest absolute Gasteiger partial charge is 0.221 e. The molecule has 0 unspecified atom stereocenters. The van der Waals surface area contributed by atoms with Crippen molar-refractivity contribution in [2.75, 3.05) is 11.9 Å². The maximum atomic E-state index is 5.93. The second kappa shape index (κ2) is 5.61. The van der Waals surface area contributed by atoms with E-state index in [1.165, 1.54) is 0 Å². The topological polar surface area (TPSA) is 34.1 Å². The standard InChI is InChI=1S/C17H16N2O/c1-2-18-16-11-6-12-17(19-16)20-15-10-5-8-13-7-3-4-9-14(13)15/h3-12H,2H2,1H3,(H,18,19). The Kier molecular flexibility index (Phi) is 3.50. The number of pyridine rings is 1. The van der Waals surface area contributed by atoms with Crippen LogP contribution in [0, 0.1) is 0 Å². The van der Waals surface area contributed by atoms with Crippen LogP contribution in [0.15, 0.2) is 60.7 Å². The number of ether oxygens (including phenoxy) is 1. The van der Waals surface area contributed by atoms with Crippen molar-refractivity contribution in [2.45, 2.75) is 6.92 Å². The maximum absolute atomic E-state index is 5.93. The monoisotopic (exact) mass is 264 g/mol. The predicted octanol–water partition coefficient (Wildman–Crippen LogP) is 4.46. The second-order valence-corrected chi connectivity index (χ2v) is 4.47. The number of hydrogen-bond acceptors (Lipinski definition) is 3. The fourth-order valence-electron chi connectivity index (χ4n) is 2.15. The van der Waals surface area contributed by atoms with Gasteiger partial charge in [-0.15, -0.1) is 0 Å². The van der Waals surface area contributed by atoms with E-state index in [-0.39, 0.29) is 0 Å². The molecule has 20 heavy (non-hydrogen) atoms. The van der Waals surface area contributed by atoms with Crippen LogP contribution < -0.4 is 10.1 Å². The largest absolute Gasteiger partial charge is 0.438 e. The summed E-state index contributed by atoms with van der Waals surface area (Å²) in [6.07, 6.45) is 0. The van der Waals surface area contributed by atoms with E-state index < -0.39 is 0 Å². The first-order chi connectivity index (χ1) is 9.86. The van der Waals surface area contributed by atoms with Crippen molar-refractivity contribution < 1.29 is 4.74 Å². The first-order valence-corrected chi connectivity index (χ1v) is 6.73. The Balaban J connectivity index is 1.95. The molecular formula is C17H16N2O. The lowest BCUT2D eigenvalue weighted by molar-refractivity contribution is 0.469. The normalized spacial score (nSPS) is 10.4. The van der Waals surface area contributed by atoms with Gasteiger partial charge in [0.15, 0.2) is 0 Å². The lowest BCUT2D eigenvalue weighted by Crippen LogP contribution is -1.99. The molecule has 0 atom stereocenters. The number of fused-ring (bicyclic) bond motifs is 1. The molecule has 3 aromatic rings. The van der Waals surface area contributed by atoms with Crippen LogP contribution in [-0.4, -0.2) is 11.5 Å². The van der Waals surface area contributed by atoms with Crippen molar-refractivity contribution >= 4 is 16.6 Å². The summed E-state index contributed by atoms with van der Waals surface area (Å²) in [6.45, 7) is 2.88. The van der Waals surface area contributed by atoms with Gasteiger partial charge >= 0.3 is 0 Å². The summed E-state index contributed by atoms with van der Waals surface area (Å²) in [5, 5.41) is 5.43. The number of nitrogens with one attached hydrogen (secondary N) is 1. The Morgan fingerprint density at radius 2 is 1.75 bits per heavy atom. The van der Waals surface area contributed by atoms with Gasteiger partial charge in [-0.05, 0) is 24.4 Å². The van der Waals surface area contributed by atoms with E-state index in [0.717, 1.165) is 28.9 Å². The fraction of sp³-hybridized carbons (Fsp3) is 0.118. The average molecular weight is 264 g/mol. The molecule has 3 rings (SSSR count). The van der Waals surface area contributed by atoms with Gasteiger partial charge in [0.25, 0.3) is 0 Å². The first kappa shape index (κ1) is 12.5. The summed E-state index contributed by atoms with van der Waals surface area (Å²) < 4.78 is 5.93. The van der Waals surface area contributed by atoms with Crippen molar-refractivity contribution in [3.8, 4) is 11.6 Å². The third kappa shape index (κ3) is 2.57. The van der Waals surface area contributed by atoms with E-state index in [2.05, 4.69) is 28.5 Å². The predicted molar refractivity (Wildman–Crippen MR) is 82.4 cm³/mol. The highest BCUT2D eigenvalue weighted by Crippen LogP contribution is 2.29. The molecule has 0 aliphatic heterocycles. The zero-order chi connectivity index (χ0) is 13.8. The van der Waals surface area contributed by atoms with E-state index in [0.29, 0.717) is 5.88 Å². The van der Waals surface area contributed by atoms with Crippen molar-refractivity contribution in [1.29, 1.82) is 0 Å². The molecular weight excluding hydrogens is 248 g/mol. The first-order valence-electron chi connectivity index (χ1n) is 6.73. The molecule has 1 N–H and O–H groups in total. The number of rotatable bonds is 4. The Hall–Kier alpha value is -2.55. The SMILES string of the molecule is CCNc1cccc(Oc2cccc3ccccc23)n1. The highest BCUT2D eigenvalue weighted by Gasteiger charge is 2.04. The molecule has 0 aliphatic carbocycles. The van der Waals surface area contributed by atoms with Gasteiger partial charge in [-0.1, -0.05) is 42.5 Å². The third-order valence-electron chi connectivity index (χ3n) is 3.05. The Bertz CT molecular complexity index is 720. The zero-order valence-electron chi connectivity index (χ0n) is 11.3. The van der Waals surface area contributed by atoms with Crippen LogP contribution in [0.3, 0.4) is 0 Å². The minimum atomic E-state index is 0.597. The van der Waals surface area contributed by atoms with Crippen molar-refractivity contribution in [3.05, 3.63) is 60.7 Å². The van der Waals surface area contributed by atoms with Crippen LogP contribution in [0.4, 0.5) is 5.82 Å². The van der Waals surface area contributed by atoms with Crippen molar-refractivity contribution in [2.24, 2.45) is 0 Å². The Morgan fingerprint density at radius 3 is 2.65 bits per heavy atom. The van der Waals surface area contributed by atoms with Crippen LogP contribution in [0.25, 0.3) is 10.8 Å². The molecule has 1 heterocycles. The van der Waals surface area contributed by atoms with Crippen LogP contribution in [-0.2, 0) is 0 Å². The summed E-state index contributed by atoms with van der Waals surface area (Å²) in [5.41, 5.74) is 0. The number of hydrogen-bond donors (Lipinski definition) is 1. The minimum absolute atomic E-state index is 0.597. The number of nitrogens with zero attached hydrogens (tertiary/aromatic N) is 1. The number of aromatic nitrogens is 1. The molecule has 1 aromatic heterocycles. The van der Waals surface area contributed by atoms with Gasteiger partial charge in [-0.3, -0.25) is 0 Å². The van der Waals surface area contributed by atoms with Crippen LogP contribution >= 0.6 is 0 Å². The quantitative estimate of drug-likeness (QED) is 0.755. The van der Waals surface area contributed by atoms with E-state index in [4.69, 9.17) is 4.74 Å². The summed E-state index contributed by atoms with van der Waals surface area (Å²) >= 11 is 0. The van der Waals surface area contributed by atoms with Gasteiger partial charge < -0.3 is 10.1 Å². The van der Waals surface area contributed by atoms with Crippen molar-refractivity contribution in [3.63, 3.8) is 0 Å². The van der Waals surface area contributed by atoms with Gasteiger partial charge in [0.1, 0.15) is 11.6 Å². The molecule has 0 spiro atoms. The Labute approximate surface area is 118 Å². The van der Waals surface area contributed by atoms with Crippen LogP contribution in [0.5, 0.6) is 11.6 Å². The molecule has 100 valence electrons. The van der Waals surface area contributed by atoms with Gasteiger partial charge in [0.2, 0.25) is 5.88 Å². The van der Waals surface area contributed by atoms with Gasteiger partial charge in [-0.2, -0.15) is 4.98 Å². The van der Waals surface area contributed by atoms with Crippen LogP contribution in [0.1, 0.15) is 6.92 Å². The zero-order valence-corrected chi connectivity index (χ0v) is 11.3. The average Bonchev–Trinajstić information content (AvgIpc) is 2.48. The molecule has 0 saturated heterocycles. The van der Waals surface area contributed by atoms with Gasteiger partial charge in [-0.25, -0.2) is 0 Å². The summed E-state index contributed by atoms with van der Waals surface area (Å²) in [5.74, 6) is 2.24. The van der Waals surface area contributed by atoms with Crippen LogP contribution in [0.2, 0.25) is 0 Å². The highest BCUT2D eigenvalue weighted by atomic mass is 16.5. The molecule has 0 fully saturated rings. The van der Waals surface area contributed by atoms with E-state index in [9.17, 15) is 0 Å². The number of benzene rings is 2. The highest BCUT2D eigenvalue weighted by molar-refractivity contribution is 5.88. The van der Waals surface area contributed by atoms with Gasteiger partial charge in [0, 0.05) is 18.0 Å². The van der Waals surface area contributed by atoms with Crippen molar-refractivity contribution in [1.82, 2.24) is 4.98 Å². The van der Waals surface area contributed by atoms with E-state index in [1.807, 2.05) is 49.4 Å². The lowest BCUT2D eigenvalue weighted by Gasteiger charge is -2.09. The summed E-state index contributed by atoms with van der Waals surface area (Å²) in [7, 11) is 0. The minimum Gasteiger partial charge on any atom is -0.438 e. The summed E-state index contributed by atoms with van der Waals surface area (Å²) in [6, 6.07) is 19.9. The van der Waals surface area contributed by atoms with E-state index >= 15 is 0 Å². The number of anilines is 1. The maximum Gasteiger partial charge on any atom is 0.221 e. The molecule has 0 saturated carbocycles. The van der Waals surface area contributed by atoms with Gasteiger partial charge in [0.05, 0.1) is 0 Å². The molecule has 3 heteroatoms. The molecule has 0 bridgehead atoms. The molecule has 3 nitrogen and oxygen atoms in total. The molecule has 0 aliphatic rings.